The fraction of sp³-hybridized carbons (Fsp3) is 0.286. The largest absolute Gasteiger partial charge is 0.490 e. The zero-order valence-electron chi connectivity index (χ0n) is 10.9. The monoisotopic (exact) mass is 282 g/mol. The number of ether oxygens (including phenoxy) is 1. The Labute approximate surface area is 116 Å². The van der Waals surface area contributed by atoms with E-state index in [-0.39, 0.29) is 11.7 Å². The van der Waals surface area contributed by atoms with Crippen LogP contribution in [0.4, 0.5) is 0 Å². The van der Waals surface area contributed by atoms with Gasteiger partial charge in [-0.1, -0.05) is 11.6 Å². The van der Waals surface area contributed by atoms with E-state index in [1.54, 1.807) is 13.0 Å². The lowest BCUT2D eigenvalue weighted by Crippen LogP contribution is -2.10. The number of hydrogen-bond donors (Lipinski definition) is 1. The number of halogens is 1. The lowest BCUT2D eigenvalue weighted by molar-refractivity contribution is -0.131. The SMILES string of the molecule is Cc1cc(OC(C)C)c(C(=O)/C=C/C(=O)O)cc1Cl. The Morgan fingerprint density at radius 3 is 2.47 bits per heavy atom. The van der Waals surface area contributed by atoms with E-state index >= 15 is 0 Å². The molecule has 0 aliphatic heterocycles. The molecule has 0 saturated heterocycles. The first-order valence-electron chi connectivity index (χ1n) is 5.73. The Morgan fingerprint density at radius 2 is 1.95 bits per heavy atom. The Hall–Kier alpha value is -1.81. The van der Waals surface area contributed by atoms with E-state index in [4.69, 9.17) is 21.4 Å². The van der Waals surface area contributed by atoms with Crippen LogP contribution in [0.5, 0.6) is 5.75 Å². The third-order valence-corrected chi connectivity index (χ3v) is 2.67. The molecule has 0 radical (unpaired) electrons. The topological polar surface area (TPSA) is 63.6 Å². The predicted octanol–water partition coefficient (Wildman–Crippen LogP) is 3.26. The van der Waals surface area contributed by atoms with Crippen molar-refractivity contribution >= 4 is 23.4 Å². The number of rotatable bonds is 5. The van der Waals surface area contributed by atoms with Gasteiger partial charge in [0.05, 0.1) is 11.7 Å². The van der Waals surface area contributed by atoms with Gasteiger partial charge in [-0.25, -0.2) is 4.79 Å². The highest BCUT2D eigenvalue weighted by Gasteiger charge is 2.14. The summed E-state index contributed by atoms with van der Waals surface area (Å²) in [6, 6.07) is 3.16. The molecule has 0 amide bonds. The maximum absolute atomic E-state index is 11.9. The lowest BCUT2D eigenvalue weighted by atomic mass is 10.1. The van der Waals surface area contributed by atoms with Gasteiger partial charge in [-0.2, -0.15) is 0 Å². The molecule has 0 heterocycles. The number of carbonyl (C=O) groups is 2. The molecule has 0 aliphatic carbocycles. The molecule has 0 atom stereocenters. The molecule has 0 spiro atoms. The molecule has 0 saturated carbocycles. The number of aliphatic carboxylic acids is 1. The van der Waals surface area contributed by atoms with Crippen LogP contribution in [0.3, 0.4) is 0 Å². The summed E-state index contributed by atoms with van der Waals surface area (Å²) in [5.74, 6) is -1.24. The molecule has 1 aromatic carbocycles. The smallest absolute Gasteiger partial charge is 0.328 e. The van der Waals surface area contributed by atoms with Gasteiger partial charge in [-0.15, -0.1) is 0 Å². The molecule has 5 heteroatoms. The van der Waals surface area contributed by atoms with Crippen molar-refractivity contribution < 1.29 is 19.4 Å². The van der Waals surface area contributed by atoms with Crippen LogP contribution in [0.25, 0.3) is 0 Å². The van der Waals surface area contributed by atoms with E-state index in [1.165, 1.54) is 6.07 Å². The summed E-state index contributed by atoms with van der Waals surface area (Å²) in [6.45, 7) is 5.48. The van der Waals surface area contributed by atoms with Crippen LogP contribution >= 0.6 is 11.6 Å². The number of ketones is 1. The quantitative estimate of drug-likeness (QED) is 0.665. The van der Waals surface area contributed by atoms with Gasteiger partial charge < -0.3 is 9.84 Å². The van der Waals surface area contributed by atoms with Crippen molar-refractivity contribution in [2.75, 3.05) is 0 Å². The van der Waals surface area contributed by atoms with Crippen molar-refractivity contribution in [3.63, 3.8) is 0 Å². The summed E-state index contributed by atoms with van der Waals surface area (Å²) in [6.07, 6.45) is 1.67. The first kappa shape index (κ1) is 15.2. The van der Waals surface area contributed by atoms with E-state index in [1.807, 2.05) is 13.8 Å². The molecule has 19 heavy (non-hydrogen) atoms. The van der Waals surface area contributed by atoms with Crippen LogP contribution in [0.15, 0.2) is 24.3 Å². The van der Waals surface area contributed by atoms with Gasteiger partial charge in [-0.3, -0.25) is 4.79 Å². The molecule has 1 N–H and O–H groups in total. The van der Waals surface area contributed by atoms with Crippen LogP contribution in [-0.2, 0) is 4.79 Å². The minimum atomic E-state index is -1.18. The highest BCUT2D eigenvalue weighted by molar-refractivity contribution is 6.32. The normalized spacial score (nSPS) is 11.0. The fourth-order valence-corrected chi connectivity index (χ4v) is 1.60. The summed E-state index contributed by atoms with van der Waals surface area (Å²) < 4.78 is 5.55. The predicted molar refractivity (Wildman–Crippen MR) is 73.1 cm³/mol. The van der Waals surface area contributed by atoms with Crippen molar-refractivity contribution in [1.82, 2.24) is 0 Å². The average Bonchev–Trinajstić information content (AvgIpc) is 2.29. The fourth-order valence-electron chi connectivity index (χ4n) is 1.44. The number of carboxylic acids is 1. The Kier molecular flexibility index (Phi) is 5.12. The zero-order chi connectivity index (χ0) is 14.6. The van der Waals surface area contributed by atoms with Crippen molar-refractivity contribution in [1.29, 1.82) is 0 Å². The maximum atomic E-state index is 11.9. The van der Waals surface area contributed by atoms with Crippen LogP contribution in [0.1, 0.15) is 29.8 Å². The van der Waals surface area contributed by atoms with E-state index in [9.17, 15) is 9.59 Å². The molecule has 0 unspecified atom stereocenters. The third kappa shape index (κ3) is 4.41. The van der Waals surface area contributed by atoms with Crippen molar-refractivity contribution in [2.24, 2.45) is 0 Å². The molecular formula is C14H15ClO4. The highest BCUT2D eigenvalue weighted by Crippen LogP contribution is 2.28. The second kappa shape index (κ2) is 6.38. The van der Waals surface area contributed by atoms with Crippen LogP contribution in [0, 0.1) is 6.92 Å². The summed E-state index contributed by atoms with van der Waals surface area (Å²) in [5, 5.41) is 8.96. The van der Waals surface area contributed by atoms with E-state index in [0.717, 1.165) is 17.7 Å². The maximum Gasteiger partial charge on any atom is 0.328 e. The minimum Gasteiger partial charge on any atom is -0.490 e. The van der Waals surface area contributed by atoms with Gasteiger partial charge in [0, 0.05) is 11.1 Å². The Bertz CT molecular complexity index is 532. The molecule has 1 aromatic rings. The van der Waals surface area contributed by atoms with Gasteiger partial charge in [0.2, 0.25) is 0 Å². The van der Waals surface area contributed by atoms with E-state index in [0.29, 0.717) is 10.8 Å². The lowest BCUT2D eigenvalue weighted by Gasteiger charge is -2.14. The van der Waals surface area contributed by atoms with Gasteiger partial charge >= 0.3 is 5.97 Å². The van der Waals surface area contributed by atoms with Crippen molar-refractivity contribution in [3.05, 3.63) is 40.4 Å². The van der Waals surface area contributed by atoms with Crippen LogP contribution < -0.4 is 4.74 Å². The number of allylic oxidation sites excluding steroid dienone is 1. The molecule has 0 fully saturated rings. The second-order valence-electron chi connectivity index (χ2n) is 4.30. The number of hydrogen-bond acceptors (Lipinski definition) is 3. The summed E-state index contributed by atoms with van der Waals surface area (Å²) >= 11 is 5.98. The van der Waals surface area contributed by atoms with E-state index in [2.05, 4.69) is 0 Å². The molecule has 0 bridgehead atoms. The summed E-state index contributed by atoms with van der Waals surface area (Å²) in [5.41, 5.74) is 1.04. The number of carboxylic acid groups (broad SMARTS) is 1. The average molecular weight is 283 g/mol. The van der Waals surface area contributed by atoms with Crippen LogP contribution in [0.2, 0.25) is 5.02 Å². The minimum absolute atomic E-state index is 0.101. The number of aryl methyl sites for hydroxylation is 1. The molecule has 102 valence electrons. The van der Waals surface area contributed by atoms with Gasteiger partial charge in [0.1, 0.15) is 5.75 Å². The Balaban J connectivity index is 3.20. The van der Waals surface area contributed by atoms with Gasteiger partial charge in [0.15, 0.2) is 5.78 Å². The zero-order valence-corrected chi connectivity index (χ0v) is 11.7. The number of benzene rings is 1. The van der Waals surface area contributed by atoms with Gasteiger partial charge in [0.25, 0.3) is 0 Å². The first-order valence-corrected chi connectivity index (χ1v) is 6.11. The molecule has 0 aliphatic rings. The summed E-state index contributed by atoms with van der Waals surface area (Å²) in [4.78, 5) is 22.3. The first-order chi connectivity index (χ1) is 8.81. The molecule has 1 rings (SSSR count). The molecule has 4 nitrogen and oxygen atoms in total. The standard InChI is InChI=1S/C14H15ClO4/c1-8(2)19-13-6-9(3)11(15)7-10(13)12(16)4-5-14(17)18/h4-8H,1-3H3,(H,17,18)/b5-4+. The molecular weight excluding hydrogens is 268 g/mol. The van der Waals surface area contributed by atoms with Gasteiger partial charge in [-0.05, 0) is 44.5 Å². The number of carbonyl (C=O) groups excluding carboxylic acids is 1. The second-order valence-corrected chi connectivity index (χ2v) is 4.71. The highest BCUT2D eigenvalue weighted by atomic mass is 35.5. The van der Waals surface area contributed by atoms with Crippen molar-refractivity contribution in [3.8, 4) is 5.75 Å². The van der Waals surface area contributed by atoms with Crippen molar-refractivity contribution in [2.45, 2.75) is 26.9 Å². The third-order valence-electron chi connectivity index (χ3n) is 2.27. The van der Waals surface area contributed by atoms with Crippen LogP contribution in [-0.4, -0.2) is 23.0 Å². The Morgan fingerprint density at radius 1 is 1.32 bits per heavy atom. The summed E-state index contributed by atoms with van der Waals surface area (Å²) in [7, 11) is 0. The van der Waals surface area contributed by atoms with E-state index < -0.39 is 11.8 Å². The molecule has 0 aromatic heterocycles.